The molecule has 0 atom stereocenters. The summed E-state index contributed by atoms with van der Waals surface area (Å²) in [4.78, 5) is 0. The van der Waals surface area contributed by atoms with Crippen molar-refractivity contribution in [3.63, 3.8) is 0 Å². The fourth-order valence-electron chi connectivity index (χ4n) is 2.81. The Morgan fingerprint density at radius 3 is 2.19 bits per heavy atom. The lowest BCUT2D eigenvalue weighted by molar-refractivity contribution is 0.420. The van der Waals surface area contributed by atoms with Crippen molar-refractivity contribution in [2.75, 3.05) is 14.3 Å². The number of fused-ring (bicyclic) bond motifs is 2. The quantitative estimate of drug-likeness (QED) is 0.434. The lowest BCUT2D eigenvalue weighted by Gasteiger charge is -2.05. The second-order valence-corrected chi connectivity index (χ2v) is 5.87. The summed E-state index contributed by atoms with van der Waals surface area (Å²) < 4.78 is 20.8. The maximum Gasteiger partial charge on any atom is 0.126 e. The Bertz CT molecular complexity index is 1050. The maximum absolute atomic E-state index is 9.96. The second kappa shape index (κ2) is 9.43. The third-order valence-corrected chi connectivity index (χ3v) is 4.06. The first-order chi connectivity index (χ1) is 13.5. The molecule has 2 N–H and O–H groups in total. The van der Waals surface area contributed by atoms with Gasteiger partial charge in [0.2, 0.25) is 0 Å². The first-order valence-electron chi connectivity index (χ1n) is 9.00. The van der Waals surface area contributed by atoms with E-state index in [0.29, 0.717) is 0 Å². The highest BCUT2D eigenvalue weighted by Crippen LogP contribution is 2.27. The van der Waals surface area contributed by atoms with E-state index in [9.17, 15) is 9.50 Å². The predicted octanol–water partition coefficient (Wildman–Crippen LogP) is 5.99. The number of ether oxygens (including phenoxy) is 1. The summed E-state index contributed by atoms with van der Waals surface area (Å²) in [5.74, 6) is 1.40. The summed E-state index contributed by atoms with van der Waals surface area (Å²) >= 11 is 0. The maximum atomic E-state index is 9.96. The predicted molar refractivity (Wildman–Crippen MR) is 110 cm³/mol. The molecule has 0 aromatic heterocycles. The highest BCUT2D eigenvalue weighted by Gasteiger charge is 1.99. The first-order valence-corrected chi connectivity index (χ1v) is 8.29. The van der Waals surface area contributed by atoms with Crippen LogP contribution in [0.25, 0.3) is 21.5 Å². The molecule has 4 heteroatoms. The zero-order valence-corrected chi connectivity index (χ0v) is 15.3. The molecule has 0 heterocycles. The molecule has 0 saturated heterocycles. The minimum absolute atomic E-state index is 0.216. The molecule has 0 aliphatic rings. The van der Waals surface area contributed by atoms with Crippen molar-refractivity contribution in [2.45, 2.75) is 6.92 Å². The van der Waals surface area contributed by atoms with Crippen LogP contribution in [0.2, 0.25) is 0 Å². The number of aromatic hydroxyl groups is 2. The molecule has 4 aromatic rings. The largest absolute Gasteiger partial charge is 0.508 e. The lowest BCUT2D eigenvalue weighted by atomic mass is 10.1. The summed E-state index contributed by atoms with van der Waals surface area (Å²) in [6.45, 7) is 2.10. The number of aryl methyl sites for hydroxylation is 1. The van der Waals surface area contributed by atoms with E-state index in [1.54, 1.807) is 37.4 Å². The van der Waals surface area contributed by atoms with Crippen LogP contribution in [-0.2, 0) is 0 Å². The minimum atomic E-state index is -1.00. The molecule has 0 unspecified atom stereocenters. The van der Waals surface area contributed by atoms with Crippen molar-refractivity contribution in [3.05, 3.63) is 78.4 Å². The van der Waals surface area contributed by atoms with Crippen molar-refractivity contribution in [1.29, 1.82) is 0 Å². The fourth-order valence-corrected chi connectivity index (χ4v) is 2.81. The van der Waals surface area contributed by atoms with E-state index in [2.05, 4.69) is 31.2 Å². The van der Waals surface area contributed by atoms with E-state index >= 15 is 0 Å². The van der Waals surface area contributed by atoms with E-state index in [1.165, 1.54) is 16.3 Å². The molecule has 0 saturated carbocycles. The van der Waals surface area contributed by atoms with E-state index in [1.807, 2.05) is 18.2 Å². The number of hydrogen-bond acceptors (Lipinski definition) is 3. The average molecular weight is 367 g/mol. The molecule has 0 amide bonds. The monoisotopic (exact) mass is 367 g/mol. The van der Waals surface area contributed by atoms with Gasteiger partial charge in [-0.15, -0.1) is 0 Å². The van der Waals surface area contributed by atoms with Crippen molar-refractivity contribution in [2.24, 2.45) is 0 Å². The SMILES string of the molecule is COc1cccc2cc(C)ccc12.Oc1ccc2c(O)cccc2c1.[2H]CF. The van der Waals surface area contributed by atoms with Crippen LogP contribution < -0.4 is 4.74 Å². The van der Waals surface area contributed by atoms with Crippen LogP contribution >= 0.6 is 0 Å². The summed E-state index contributed by atoms with van der Waals surface area (Å²) in [5, 5.41) is 22.5. The summed E-state index contributed by atoms with van der Waals surface area (Å²) in [6, 6.07) is 22.6. The van der Waals surface area contributed by atoms with Gasteiger partial charge in [-0.05, 0) is 48.0 Å². The third-order valence-electron chi connectivity index (χ3n) is 4.06. The van der Waals surface area contributed by atoms with Crippen molar-refractivity contribution < 1.29 is 20.7 Å². The molecule has 3 nitrogen and oxygen atoms in total. The van der Waals surface area contributed by atoms with Crippen LogP contribution in [0.15, 0.2) is 72.8 Å². The van der Waals surface area contributed by atoms with Gasteiger partial charge in [-0.3, -0.25) is 4.39 Å². The van der Waals surface area contributed by atoms with Gasteiger partial charge in [0.05, 0.1) is 15.6 Å². The number of alkyl halides is 1. The normalized spacial score (nSPS) is 10.3. The van der Waals surface area contributed by atoms with Crippen molar-refractivity contribution >= 4 is 21.5 Å². The van der Waals surface area contributed by atoms with Crippen LogP contribution in [-0.4, -0.2) is 24.5 Å². The van der Waals surface area contributed by atoms with E-state index in [0.717, 1.165) is 16.5 Å². The molecule has 0 aliphatic heterocycles. The van der Waals surface area contributed by atoms with Gasteiger partial charge in [-0.25, -0.2) is 0 Å². The lowest BCUT2D eigenvalue weighted by Crippen LogP contribution is -1.84. The number of benzene rings is 4. The van der Waals surface area contributed by atoms with Gasteiger partial charge in [-0.1, -0.05) is 48.0 Å². The van der Waals surface area contributed by atoms with Crippen LogP contribution in [0.4, 0.5) is 4.39 Å². The molecular formula is C23H23FO3. The third kappa shape index (κ3) is 4.88. The average Bonchev–Trinajstić information content (AvgIpc) is 2.68. The summed E-state index contributed by atoms with van der Waals surface area (Å²) in [6.07, 6.45) is 0. The zero-order chi connectivity index (χ0) is 20.5. The van der Waals surface area contributed by atoms with E-state index in [-0.39, 0.29) is 11.5 Å². The Morgan fingerprint density at radius 1 is 0.852 bits per heavy atom. The summed E-state index contributed by atoms with van der Waals surface area (Å²) in [5.41, 5.74) is 1.28. The number of phenols is 2. The Labute approximate surface area is 159 Å². The van der Waals surface area contributed by atoms with Gasteiger partial charge in [-0.2, -0.15) is 0 Å². The van der Waals surface area contributed by atoms with Crippen LogP contribution in [0.3, 0.4) is 0 Å². The minimum Gasteiger partial charge on any atom is -0.508 e. The number of halogens is 1. The molecule has 0 bridgehead atoms. The smallest absolute Gasteiger partial charge is 0.126 e. The van der Waals surface area contributed by atoms with Crippen molar-refractivity contribution in [3.8, 4) is 17.2 Å². The number of rotatable bonds is 1. The van der Waals surface area contributed by atoms with Crippen LogP contribution in [0.5, 0.6) is 17.2 Å². The molecule has 4 aromatic carbocycles. The van der Waals surface area contributed by atoms with Crippen molar-refractivity contribution in [1.82, 2.24) is 0 Å². The number of methoxy groups -OCH3 is 1. The summed E-state index contributed by atoms with van der Waals surface area (Å²) in [7, 11) is 0.703. The van der Waals surface area contributed by atoms with Gasteiger partial charge >= 0.3 is 0 Å². The molecule has 0 fully saturated rings. The van der Waals surface area contributed by atoms with Gasteiger partial charge in [0.15, 0.2) is 0 Å². The molecule has 0 aliphatic carbocycles. The van der Waals surface area contributed by atoms with Crippen LogP contribution in [0, 0.1) is 6.92 Å². The van der Waals surface area contributed by atoms with E-state index < -0.39 is 7.15 Å². The zero-order valence-electron chi connectivity index (χ0n) is 16.3. The van der Waals surface area contributed by atoms with Gasteiger partial charge in [0.1, 0.15) is 17.2 Å². The molecule has 0 radical (unpaired) electrons. The standard InChI is InChI=1S/C12H12O.C10H8O2.CH3F/c1-9-6-7-11-10(8-9)4-3-5-12(11)13-2;11-8-4-5-9-7(6-8)2-1-3-10(9)12;1-2/h3-8H,1-2H3;1-6,11-12H;1H3/i;;1D. The topological polar surface area (TPSA) is 49.7 Å². The van der Waals surface area contributed by atoms with Gasteiger partial charge in [0.25, 0.3) is 0 Å². The number of phenolic OH excluding ortho intramolecular Hbond substituents is 2. The second-order valence-electron chi connectivity index (χ2n) is 5.87. The van der Waals surface area contributed by atoms with Crippen LogP contribution in [0.1, 0.15) is 6.93 Å². The first kappa shape index (κ1) is 18.5. The highest BCUT2D eigenvalue weighted by molar-refractivity contribution is 5.89. The Morgan fingerprint density at radius 2 is 1.48 bits per heavy atom. The molecule has 0 spiro atoms. The van der Waals surface area contributed by atoms with Gasteiger partial charge < -0.3 is 14.9 Å². The molecule has 140 valence electrons. The Kier molecular flexibility index (Phi) is 6.47. The van der Waals surface area contributed by atoms with E-state index in [4.69, 9.17) is 11.2 Å². The fraction of sp³-hybridized carbons (Fsp3) is 0.130. The Hall–Kier alpha value is -3.27. The molecule has 27 heavy (non-hydrogen) atoms. The van der Waals surface area contributed by atoms with Gasteiger partial charge in [0, 0.05) is 10.8 Å². The molecular weight excluding hydrogens is 343 g/mol. The number of hydrogen-bond donors (Lipinski definition) is 2. The highest BCUT2D eigenvalue weighted by atomic mass is 19.1. The molecule has 4 rings (SSSR count). The Balaban J connectivity index is 0.000000176.